The number of anilines is 1. The Morgan fingerprint density at radius 1 is 1.33 bits per heavy atom. The Labute approximate surface area is 142 Å². The molecule has 130 valence electrons. The van der Waals surface area contributed by atoms with Crippen molar-refractivity contribution in [3.63, 3.8) is 0 Å². The minimum atomic E-state index is -0.532. The lowest BCUT2D eigenvalue weighted by atomic mass is 10.1. The minimum Gasteiger partial charge on any atom is -0.443 e. The molecule has 0 saturated heterocycles. The first-order valence-electron chi connectivity index (χ1n) is 8.15. The molecule has 0 bridgehead atoms. The summed E-state index contributed by atoms with van der Waals surface area (Å²) in [7, 11) is 1.65. The molecular weight excluding hydrogens is 306 g/mol. The number of rotatable bonds is 2. The summed E-state index contributed by atoms with van der Waals surface area (Å²) in [4.78, 5) is 30.2. The second-order valence-electron chi connectivity index (χ2n) is 6.70. The van der Waals surface area contributed by atoms with Crippen LogP contribution in [-0.4, -0.2) is 37.0 Å². The van der Waals surface area contributed by atoms with Gasteiger partial charge in [-0.25, -0.2) is 4.79 Å². The molecule has 6 nitrogen and oxygen atoms in total. The van der Waals surface area contributed by atoms with Gasteiger partial charge >= 0.3 is 6.09 Å². The van der Waals surface area contributed by atoms with Crippen molar-refractivity contribution < 1.29 is 14.3 Å². The zero-order valence-electron chi connectivity index (χ0n) is 15.0. The van der Waals surface area contributed by atoms with Crippen LogP contribution in [0.1, 0.15) is 50.0 Å². The molecule has 0 atom stereocenters. The maximum Gasteiger partial charge on any atom is 0.414 e. The van der Waals surface area contributed by atoms with Gasteiger partial charge in [0.25, 0.3) is 5.91 Å². The van der Waals surface area contributed by atoms with Crippen molar-refractivity contribution in [1.82, 2.24) is 5.32 Å². The molecule has 1 aliphatic heterocycles. The van der Waals surface area contributed by atoms with Crippen molar-refractivity contribution in [2.45, 2.75) is 46.1 Å². The maximum absolute atomic E-state index is 12.3. The van der Waals surface area contributed by atoms with Crippen molar-refractivity contribution in [3.05, 3.63) is 29.3 Å². The molecule has 0 aliphatic carbocycles. The number of aliphatic imine (C=N–C) groups is 1. The quantitative estimate of drug-likeness (QED) is 0.668. The number of nitrogens with one attached hydrogen (secondary N) is 1. The highest BCUT2D eigenvalue weighted by atomic mass is 16.6. The van der Waals surface area contributed by atoms with Crippen LogP contribution in [-0.2, 0) is 11.2 Å². The first-order chi connectivity index (χ1) is 11.2. The van der Waals surface area contributed by atoms with Gasteiger partial charge in [0.2, 0.25) is 0 Å². The molecule has 2 rings (SSSR count). The number of carbonyl (C=O) groups is 2. The van der Waals surface area contributed by atoms with Crippen LogP contribution in [0.4, 0.5) is 10.5 Å². The number of nitrogens with zero attached hydrogens (tertiary/aromatic N) is 2. The molecule has 1 heterocycles. The van der Waals surface area contributed by atoms with Gasteiger partial charge < -0.3 is 10.1 Å². The fraction of sp³-hybridized carbons (Fsp3) is 0.500. The lowest BCUT2D eigenvalue weighted by Gasteiger charge is -2.24. The molecule has 1 aliphatic rings. The van der Waals surface area contributed by atoms with Gasteiger partial charge in [0.15, 0.2) is 0 Å². The summed E-state index contributed by atoms with van der Waals surface area (Å²) in [5.74, 6) is 0.465. The predicted octanol–water partition coefficient (Wildman–Crippen LogP) is 3.15. The van der Waals surface area contributed by atoms with E-state index in [2.05, 4.69) is 10.3 Å². The number of hydrogen-bond acceptors (Lipinski definition) is 4. The number of amidine groups is 1. The highest BCUT2D eigenvalue weighted by molar-refractivity contribution is 6.06. The van der Waals surface area contributed by atoms with E-state index in [1.165, 1.54) is 0 Å². The summed E-state index contributed by atoms with van der Waals surface area (Å²) < 4.78 is 5.43. The largest absolute Gasteiger partial charge is 0.443 e. The number of hydrogen-bond donors (Lipinski definition) is 1. The Morgan fingerprint density at radius 2 is 2.04 bits per heavy atom. The zero-order chi connectivity index (χ0) is 17.9. The van der Waals surface area contributed by atoms with Crippen LogP contribution in [0.5, 0.6) is 0 Å². The second-order valence-corrected chi connectivity index (χ2v) is 6.70. The van der Waals surface area contributed by atoms with E-state index in [0.717, 1.165) is 11.3 Å². The van der Waals surface area contributed by atoms with Crippen LogP contribution in [0.2, 0.25) is 0 Å². The van der Waals surface area contributed by atoms with Crippen molar-refractivity contribution in [2.75, 3.05) is 18.5 Å². The van der Waals surface area contributed by atoms with E-state index in [0.29, 0.717) is 30.8 Å². The van der Waals surface area contributed by atoms with Gasteiger partial charge in [0.1, 0.15) is 11.4 Å². The first-order valence-corrected chi connectivity index (χ1v) is 8.15. The monoisotopic (exact) mass is 331 g/mol. The van der Waals surface area contributed by atoms with Crippen LogP contribution < -0.4 is 10.2 Å². The summed E-state index contributed by atoms with van der Waals surface area (Å²) in [6, 6.07) is 5.35. The normalized spacial score (nSPS) is 14.4. The number of ether oxygens (including phenoxy) is 1. The van der Waals surface area contributed by atoms with Crippen molar-refractivity contribution in [1.29, 1.82) is 0 Å². The average molecular weight is 331 g/mol. The Bertz CT molecular complexity index is 675. The number of benzene rings is 1. The van der Waals surface area contributed by atoms with Crippen LogP contribution >= 0.6 is 0 Å². The van der Waals surface area contributed by atoms with E-state index in [1.807, 2.05) is 33.8 Å². The van der Waals surface area contributed by atoms with Crippen LogP contribution in [0.3, 0.4) is 0 Å². The fourth-order valence-corrected chi connectivity index (χ4v) is 2.56. The summed E-state index contributed by atoms with van der Waals surface area (Å²) in [5, 5.41) is 2.79. The first kappa shape index (κ1) is 18.0. The highest BCUT2D eigenvalue weighted by Crippen LogP contribution is 2.30. The fourth-order valence-electron chi connectivity index (χ4n) is 2.56. The highest BCUT2D eigenvalue weighted by Gasteiger charge is 2.29. The molecule has 0 aromatic heterocycles. The molecule has 24 heavy (non-hydrogen) atoms. The third-order valence-electron chi connectivity index (χ3n) is 3.71. The molecule has 0 fully saturated rings. The van der Waals surface area contributed by atoms with E-state index in [4.69, 9.17) is 4.74 Å². The van der Waals surface area contributed by atoms with Crippen LogP contribution in [0, 0.1) is 0 Å². The van der Waals surface area contributed by atoms with Gasteiger partial charge in [0, 0.05) is 25.6 Å². The molecular formula is C18H25N3O3. The molecule has 1 N–H and O–H groups in total. The topological polar surface area (TPSA) is 71.0 Å². The average Bonchev–Trinajstić information content (AvgIpc) is 2.93. The Morgan fingerprint density at radius 3 is 2.62 bits per heavy atom. The molecule has 1 aromatic carbocycles. The number of carbonyl (C=O) groups excluding carboxylic acids is 2. The summed E-state index contributed by atoms with van der Waals surface area (Å²) in [6.07, 6.45) is 1.02. The van der Waals surface area contributed by atoms with Gasteiger partial charge in [-0.2, -0.15) is 0 Å². The molecule has 0 radical (unpaired) electrons. The Hall–Kier alpha value is -2.37. The van der Waals surface area contributed by atoms with Gasteiger partial charge in [-0.05, 0) is 51.0 Å². The van der Waals surface area contributed by atoms with Crippen LogP contribution in [0.25, 0.3) is 0 Å². The molecule has 2 amide bonds. The molecule has 0 saturated carbocycles. The van der Waals surface area contributed by atoms with E-state index in [9.17, 15) is 9.59 Å². The SMILES string of the molecule is CCC(=NC)NC(=O)c1ccc2c(c1)CCN2C(=O)OC(C)(C)C. The third-order valence-corrected chi connectivity index (χ3v) is 3.71. The van der Waals surface area contributed by atoms with E-state index in [-0.39, 0.29) is 12.0 Å². The number of fused-ring (bicyclic) bond motifs is 1. The molecule has 6 heteroatoms. The summed E-state index contributed by atoms with van der Waals surface area (Å²) in [6.45, 7) is 8.03. The lowest BCUT2D eigenvalue weighted by Crippen LogP contribution is -2.35. The Kier molecular flexibility index (Phi) is 5.26. The maximum atomic E-state index is 12.3. The van der Waals surface area contributed by atoms with Gasteiger partial charge in [-0.3, -0.25) is 14.7 Å². The third kappa shape index (κ3) is 4.13. The van der Waals surface area contributed by atoms with Crippen molar-refractivity contribution >= 4 is 23.5 Å². The van der Waals surface area contributed by atoms with Crippen molar-refractivity contribution in [2.24, 2.45) is 4.99 Å². The lowest BCUT2D eigenvalue weighted by molar-refractivity contribution is 0.0584. The molecule has 0 unspecified atom stereocenters. The minimum absolute atomic E-state index is 0.184. The zero-order valence-corrected chi connectivity index (χ0v) is 15.0. The van der Waals surface area contributed by atoms with Gasteiger partial charge in [-0.15, -0.1) is 0 Å². The smallest absolute Gasteiger partial charge is 0.414 e. The standard InChI is InChI=1S/C18H25N3O3/c1-6-15(19-5)20-16(22)13-7-8-14-12(11-13)9-10-21(14)17(23)24-18(2,3)4/h7-8,11H,6,9-10H2,1-5H3,(H,19,20,22). The summed E-state index contributed by atoms with van der Waals surface area (Å²) in [5.41, 5.74) is 1.81. The molecule has 1 aromatic rings. The van der Waals surface area contributed by atoms with E-state index >= 15 is 0 Å². The second kappa shape index (κ2) is 7.03. The molecule has 0 spiro atoms. The predicted molar refractivity (Wildman–Crippen MR) is 94.8 cm³/mol. The van der Waals surface area contributed by atoms with Crippen molar-refractivity contribution in [3.8, 4) is 0 Å². The van der Waals surface area contributed by atoms with Gasteiger partial charge in [-0.1, -0.05) is 6.92 Å². The van der Waals surface area contributed by atoms with Gasteiger partial charge in [0.05, 0.1) is 5.69 Å². The van der Waals surface area contributed by atoms with E-state index in [1.54, 1.807) is 24.1 Å². The summed E-state index contributed by atoms with van der Waals surface area (Å²) >= 11 is 0. The van der Waals surface area contributed by atoms with Crippen LogP contribution in [0.15, 0.2) is 23.2 Å². The van der Waals surface area contributed by atoms with E-state index < -0.39 is 5.60 Å². The Balaban J connectivity index is 2.16. The number of amides is 2.